The number of para-hydroxylation sites is 1. The molecule has 48 heavy (non-hydrogen) atoms. The minimum absolute atomic E-state index is 0.633. The summed E-state index contributed by atoms with van der Waals surface area (Å²) in [5, 5.41) is 4.59. The third-order valence-corrected chi connectivity index (χ3v) is 9.06. The average Bonchev–Trinajstić information content (AvgIpc) is 3.61. The predicted octanol–water partition coefficient (Wildman–Crippen LogP) is 12.6. The van der Waals surface area contributed by atoms with Crippen molar-refractivity contribution in [1.29, 1.82) is 0 Å². The van der Waals surface area contributed by atoms with Crippen LogP contribution in [-0.2, 0) is 0 Å². The predicted molar refractivity (Wildman–Crippen MR) is 200 cm³/mol. The third kappa shape index (κ3) is 4.99. The molecule has 0 aliphatic heterocycles. The lowest BCUT2D eigenvalue weighted by Crippen LogP contribution is -2.09. The van der Waals surface area contributed by atoms with Crippen LogP contribution in [0.15, 0.2) is 186 Å². The number of rotatable bonds is 6. The fourth-order valence-electron chi connectivity index (χ4n) is 6.71. The maximum atomic E-state index is 6.27. The highest BCUT2D eigenvalue weighted by molar-refractivity contribution is 6.12. The molecular formula is C45H30N2O. The van der Waals surface area contributed by atoms with E-state index in [4.69, 9.17) is 9.40 Å². The van der Waals surface area contributed by atoms with Gasteiger partial charge in [-0.1, -0.05) is 121 Å². The molecule has 0 saturated carbocycles. The molecule has 0 aliphatic rings. The van der Waals surface area contributed by atoms with Crippen molar-refractivity contribution in [2.75, 3.05) is 4.90 Å². The van der Waals surface area contributed by atoms with Crippen LogP contribution >= 0.6 is 0 Å². The Morgan fingerprint density at radius 2 is 1.00 bits per heavy atom. The molecule has 1 aromatic heterocycles. The van der Waals surface area contributed by atoms with E-state index in [1.54, 1.807) is 0 Å². The molecule has 0 fully saturated rings. The van der Waals surface area contributed by atoms with E-state index in [9.17, 15) is 0 Å². The van der Waals surface area contributed by atoms with Crippen molar-refractivity contribution in [2.45, 2.75) is 0 Å². The van der Waals surface area contributed by atoms with Gasteiger partial charge in [0.05, 0.1) is 0 Å². The summed E-state index contributed by atoms with van der Waals surface area (Å²) in [6, 6.07) is 64.0. The van der Waals surface area contributed by atoms with Crippen LogP contribution in [0.2, 0.25) is 0 Å². The van der Waals surface area contributed by atoms with Gasteiger partial charge in [-0.15, -0.1) is 0 Å². The van der Waals surface area contributed by atoms with E-state index in [1.807, 2.05) is 36.4 Å². The monoisotopic (exact) mass is 614 g/mol. The fourth-order valence-corrected chi connectivity index (χ4v) is 6.71. The minimum atomic E-state index is 0.633. The highest BCUT2D eigenvalue weighted by Crippen LogP contribution is 2.40. The van der Waals surface area contributed by atoms with Crippen molar-refractivity contribution < 1.29 is 4.42 Å². The van der Waals surface area contributed by atoms with Gasteiger partial charge in [-0.25, -0.2) is 4.98 Å². The molecular weight excluding hydrogens is 585 g/mol. The van der Waals surface area contributed by atoms with Crippen LogP contribution in [0.3, 0.4) is 0 Å². The Hall–Kier alpha value is -6.45. The van der Waals surface area contributed by atoms with Crippen LogP contribution in [0.25, 0.3) is 66.4 Å². The first kappa shape index (κ1) is 27.8. The molecule has 0 atom stereocenters. The molecule has 0 saturated heterocycles. The Morgan fingerprint density at radius 1 is 0.396 bits per heavy atom. The van der Waals surface area contributed by atoms with Gasteiger partial charge in [0.1, 0.15) is 5.52 Å². The molecule has 0 N–H and O–H groups in total. The van der Waals surface area contributed by atoms with Crippen molar-refractivity contribution in [3.05, 3.63) is 182 Å². The summed E-state index contributed by atoms with van der Waals surface area (Å²) < 4.78 is 6.27. The number of benzene rings is 8. The van der Waals surface area contributed by atoms with Gasteiger partial charge in [-0.3, -0.25) is 0 Å². The molecule has 0 bridgehead atoms. The number of aromatic nitrogens is 1. The average molecular weight is 615 g/mol. The first-order chi connectivity index (χ1) is 23.8. The van der Waals surface area contributed by atoms with Crippen LogP contribution in [0, 0.1) is 0 Å². The number of nitrogens with zero attached hydrogens (tertiary/aromatic N) is 2. The Kier molecular flexibility index (Phi) is 6.80. The molecule has 0 unspecified atom stereocenters. The maximum absolute atomic E-state index is 6.27. The lowest BCUT2D eigenvalue weighted by molar-refractivity contribution is 0.620. The zero-order valence-corrected chi connectivity index (χ0v) is 26.1. The van der Waals surface area contributed by atoms with Gasteiger partial charge < -0.3 is 9.32 Å². The van der Waals surface area contributed by atoms with E-state index in [0.717, 1.165) is 55.6 Å². The second-order valence-corrected chi connectivity index (χ2v) is 12.0. The largest absolute Gasteiger partial charge is 0.436 e. The van der Waals surface area contributed by atoms with Gasteiger partial charge in [-0.2, -0.15) is 0 Å². The lowest BCUT2D eigenvalue weighted by Gasteiger charge is -2.26. The topological polar surface area (TPSA) is 29.3 Å². The fraction of sp³-hybridized carbons (Fsp3) is 0. The molecule has 9 rings (SSSR count). The Bertz CT molecular complexity index is 2540. The van der Waals surface area contributed by atoms with Gasteiger partial charge in [0.15, 0.2) is 5.58 Å². The summed E-state index contributed by atoms with van der Waals surface area (Å²) in [5.74, 6) is 0.633. The van der Waals surface area contributed by atoms with Crippen molar-refractivity contribution >= 4 is 49.7 Å². The molecule has 0 amide bonds. The highest BCUT2D eigenvalue weighted by Gasteiger charge is 2.16. The molecule has 0 aliphatic carbocycles. The van der Waals surface area contributed by atoms with Gasteiger partial charge >= 0.3 is 0 Å². The number of oxazole rings is 1. The van der Waals surface area contributed by atoms with Crippen LogP contribution in [0.4, 0.5) is 17.1 Å². The van der Waals surface area contributed by atoms with E-state index >= 15 is 0 Å². The van der Waals surface area contributed by atoms with Crippen LogP contribution < -0.4 is 4.90 Å². The second-order valence-electron chi connectivity index (χ2n) is 12.0. The third-order valence-electron chi connectivity index (χ3n) is 9.06. The molecule has 9 aromatic rings. The molecule has 3 heteroatoms. The van der Waals surface area contributed by atoms with Crippen LogP contribution in [-0.4, -0.2) is 4.98 Å². The standard InChI is InChI=1S/C45H30N2O/c1-4-11-31(12-5-1)32-21-25-39(26-22-32)47(38-16-8-3-9-17-38)40-27-23-33-19-20-36(29-37(33)30-40)41-18-10-15-34-24-28-42-44(43(34)41)46-45(48-42)35-13-6-2-7-14-35/h1-30H. The summed E-state index contributed by atoms with van der Waals surface area (Å²) in [7, 11) is 0. The normalized spacial score (nSPS) is 11.3. The van der Waals surface area contributed by atoms with Crippen molar-refractivity contribution in [3.8, 4) is 33.7 Å². The molecule has 226 valence electrons. The number of anilines is 3. The quantitative estimate of drug-likeness (QED) is 0.187. The zero-order chi connectivity index (χ0) is 31.9. The van der Waals surface area contributed by atoms with Crippen LogP contribution in [0.1, 0.15) is 0 Å². The summed E-state index contributed by atoms with van der Waals surface area (Å²) in [5.41, 5.74) is 10.6. The van der Waals surface area contributed by atoms with E-state index in [2.05, 4.69) is 150 Å². The van der Waals surface area contributed by atoms with E-state index in [-0.39, 0.29) is 0 Å². The number of hydrogen-bond acceptors (Lipinski definition) is 3. The Morgan fingerprint density at radius 3 is 1.77 bits per heavy atom. The molecule has 0 radical (unpaired) electrons. The van der Waals surface area contributed by atoms with Crippen molar-refractivity contribution in [1.82, 2.24) is 4.98 Å². The zero-order valence-electron chi connectivity index (χ0n) is 26.1. The van der Waals surface area contributed by atoms with Crippen molar-refractivity contribution in [3.63, 3.8) is 0 Å². The molecule has 3 nitrogen and oxygen atoms in total. The van der Waals surface area contributed by atoms with Gasteiger partial charge in [0.2, 0.25) is 5.89 Å². The summed E-state index contributed by atoms with van der Waals surface area (Å²) in [4.78, 5) is 7.34. The lowest BCUT2D eigenvalue weighted by atomic mass is 9.95. The first-order valence-corrected chi connectivity index (χ1v) is 16.2. The summed E-state index contributed by atoms with van der Waals surface area (Å²) in [6.45, 7) is 0. The van der Waals surface area contributed by atoms with Crippen LogP contribution in [0.5, 0.6) is 0 Å². The number of fused-ring (bicyclic) bond motifs is 4. The van der Waals surface area contributed by atoms with Crippen molar-refractivity contribution in [2.24, 2.45) is 0 Å². The number of hydrogen-bond donors (Lipinski definition) is 0. The Labute approximate surface area is 279 Å². The second kappa shape index (κ2) is 11.7. The van der Waals surface area contributed by atoms with E-state index < -0.39 is 0 Å². The van der Waals surface area contributed by atoms with Gasteiger partial charge in [0.25, 0.3) is 0 Å². The molecule has 1 heterocycles. The van der Waals surface area contributed by atoms with E-state index in [1.165, 1.54) is 21.9 Å². The van der Waals surface area contributed by atoms with E-state index in [0.29, 0.717) is 5.89 Å². The molecule has 0 spiro atoms. The Balaban J connectivity index is 1.16. The first-order valence-electron chi connectivity index (χ1n) is 16.2. The molecule has 8 aromatic carbocycles. The summed E-state index contributed by atoms with van der Waals surface area (Å²) in [6.07, 6.45) is 0. The summed E-state index contributed by atoms with van der Waals surface area (Å²) >= 11 is 0. The smallest absolute Gasteiger partial charge is 0.227 e. The van der Waals surface area contributed by atoms with Gasteiger partial charge in [-0.05, 0) is 99.1 Å². The SMILES string of the molecule is c1ccc(-c2ccc(N(c3ccccc3)c3ccc4ccc(-c5cccc6ccc7oc(-c8ccccc8)nc7c56)cc4c3)cc2)cc1. The highest BCUT2D eigenvalue weighted by atomic mass is 16.3. The van der Waals surface area contributed by atoms with Gasteiger partial charge in [0, 0.05) is 28.0 Å². The minimum Gasteiger partial charge on any atom is -0.436 e. The maximum Gasteiger partial charge on any atom is 0.227 e.